The number of benzene rings is 2. The van der Waals surface area contributed by atoms with Crippen LogP contribution in [0.4, 0.5) is 0 Å². The van der Waals surface area contributed by atoms with E-state index < -0.39 is 5.91 Å². The standard InChI is InChI=1S/C20H15ClN4O2/c1-25-19-14(11-23-25)18(10-9-15(19)21)27-13-7-5-12(6-8-13)16-3-2-4-17(24-16)20(22)26/h2-11H,1H3,(H2,22,26). The minimum absolute atomic E-state index is 0.230. The van der Waals surface area contributed by atoms with Crippen molar-refractivity contribution in [1.29, 1.82) is 0 Å². The largest absolute Gasteiger partial charge is 0.457 e. The van der Waals surface area contributed by atoms with Crippen LogP contribution in [0.3, 0.4) is 0 Å². The zero-order valence-corrected chi connectivity index (χ0v) is 15.1. The number of hydrogen-bond acceptors (Lipinski definition) is 4. The fourth-order valence-electron chi connectivity index (χ4n) is 2.86. The minimum atomic E-state index is -0.556. The number of halogens is 1. The number of fused-ring (bicyclic) bond motifs is 1. The Bertz CT molecular complexity index is 1150. The van der Waals surface area contributed by atoms with E-state index in [0.29, 0.717) is 22.2 Å². The zero-order chi connectivity index (χ0) is 19.0. The molecule has 2 N–H and O–H groups in total. The number of amides is 1. The highest BCUT2D eigenvalue weighted by Gasteiger charge is 2.11. The molecule has 2 aromatic carbocycles. The molecule has 134 valence electrons. The van der Waals surface area contributed by atoms with Crippen molar-refractivity contribution in [2.75, 3.05) is 0 Å². The van der Waals surface area contributed by atoms with Gasteiger partial charge in [-0.3, -0.25) is 9.48 Å². The first-order chi connectivity index (χ1) is 13.0. The monoisotopic (exact) mass is 378 g/mol. The molecule has 7 heteroatoms. The molecule has 0 saturated heterocycles. The molecule has 0 radical (unpaired) electrons. The lowest BCUT2D eigenvalue weighted by atomic mass is 10.1. The molecule has 0 fully saturated rings. The van der Waals surface area contributed by atoms with Crippen molar-refractivity contribution in [1.82, 2.24) is 14.8 Å². The van der Waals surface area contributed by atoms with Gasteiger partial charge in [0, 0.05) is 12.6 Å². The van der Waals surface area contributed by atoms with Crippen LogP contribution in [-0.4, -0.2) is 20.7 Å². The number of aryl methyl sites for hydroxylation is 1. The highest BCUT2D eigenvalue weighted by molar-refractivity contribution is 6.35. The van der Waals surface area contributed by atoms with Gasteiger partial charge in [-0.25, -0.2) is 4.98 Å². The van der Waals surface area contributed by atoms with Gasteiger partial charge < -0.3 is 10.5 Å². The smallest absolute Gasteiger partial charge is 0.267 e. The number of primary amides is 1. The Labute approximate surface area is 160 Å². The molecule has 0 aliphatic carbocycles. The summed E-state index contributed by atoms with van der Waals surface area (Å²) in [5.74, 6) is 0.779. The Balaban J connectivity index is 1.63. The number of pyridine rings is 1. The minimum Gasteiger partial charge on any atom is -0.457 e. The van der Waals surface area contributed by atoms with Gasteiger partial charge in [-0.15, -0.1) is 0 Å². The molecule has 2 heterocycles. The SMILES string of the molecule is Cn1ncc2c(Oc3ccc(-c4cccc(C(N)=O)n4)cc3)ccc(Cl)c21. The van der Waals surface area contributed by atoms with Gasteiger partial charge in [0.2, 0.25) is 0 Å². The van der Waals surface area contributed by atoms with Crippen LogP contribution in [0.25, 0.3) is 22.2 Å². The Kier molecular flexibility index (Phi) is 4.25. The first kappa shape index (κ1) is 17.1. The summed E-state index contributed by atoms with van der Waals surface area (Å²) in [6, 6.07) is 16.2. The highest BCUT2D eigenvalue weighted by Crippen LogP contribution is 2.34. The lowest BCUT2D eigenvalue weighted by Gasteiger charge is -2.09. The molecule has 27 heavy (non-hydrogen) atoms. The van der Waals surface area contributed by atoms with E-state index in [1.807, 2.05) is 43.4 Å². The molecular formula is C20H15ClN4O2. The normalized spacial score (nSPS) is 10.9. The van der Waals surface area contributed by atoms with Crippen LogP contribution in [0.5, 0.6) is 11.5 Å². The zero-order valence-electron chi connectivity index (χ0n) is 14.4. The molecule has 1 amide bonds. The van der Waals surface area contributed by atoms with Gasteiger partial charge in [-0.05, 0) is 48.5 Å². The quantitative estimate of drug-likeness (QED) is 0.577. The Hall–Kier alpha value is -3.38. The van der Waals surface area contributed by atoms with Gasteiger partial charge in [0.15, 0.2) is 0 Å². The highest BCUT2D eigenvalue weighted by atomic mass is 35.5. The summed E-state index contributed by atoms with van der Waals surface area (Å²) in [6.45, 7) is 0. The molecule has 0 aliphatic rings. The van der Waals surface area contributed by atoms with E-state index in [1.165, 1.54) is 0 Å². The van der Waals surface area contributed by atoms with Gasteiger partial charge in [0.05, 0.1) is 27.8 Å². The third-order valence-electron chi connectivity index (χ3n) is 4.19. The second-order valence-electron chi connectivity index (χ2n) is 5.97. The Morgan fingerprint density at radius 3 is 2.63 bits per heavy atom. The number of carbonyl (C=O) groups is 1. The van der Waals surface area contributed by atoms with Crippen LogP contribution < -0.4 is 10.5 Å². The summed E-state index contributed by atoms with van der Waals surface area (Å²) in [5.41, 5.74) is 7.86. The maximum absolute atomic E-state index is 11.3. The number of nitrogens with two attached hydrogens (primary N) is 1. The molecule has 4 aromatic rings. The number of rotatable bonds is 4. The van der Waals surface area contributed by atoms with Gasteiger partial charge in [0.25, 0.3) is 5.91 Å². The molecular weight excluding hydrogens is 364 g/mol. The summed E-state index contributed by atoms with van der Waals surface area (Å²) < 4.78 is 7.72. The first-order valence-corrected chi connectivity index (χ1v) is 8.56. The fraction of sp³-hybridized carbons (Fsp3) is 0.0500. The molecule has 2 aromatic heterocycles. The molecule has 0 spiro atoms. The molecule has 4 rings (SSSR count). The van der Waals surface area contributed by atoms with E-state index in [9.17, 15) is 4.79 Å². The van der Waals surface area contributed by atoms with E-state index in [-0.39, 0.29) is 5.69 Å². The van der Waals surface area contributed by atoms with E-state index >= 15 is 0 Å². The van der Waals surface area contributed by atoms with Gasteiger partial charge in [-0.1, -0.05) is 17.7 Å². The number of hydrogen-bond donors (Lipinski definition) is 1. The Morgan fingerprint density at radius 2 is 1.89 bits per heavy atom. The van der Waals surface area contributed by atoms with Crippen molar-refractivity contribution in [2.24, 2.45) is 12.8 Å². The predicted molar refractivity (Wildman–Crippen MR) is 104 cm³/mol. The molecule has 6 nitrogen and oxygen atoms in total. The van der Waals surface area contributed by atoms with E-state index in [1.54, 1.807) is 29.1 Å². The third-order valence-corrected chi connectivity index (χ3v) is 4.50. The number of aromatic nitrogens is 3. The van der Waals surface area contributed by atoms with E-state index in [4.69, 9.17) is 22.1 Å². The van der Waals surface area contributed by atoms with Crippen molar-refractivity contribution in [3.8, 4) is 22.8 Å². The van der Waals surface area contributed by atoms with Crippen LogP contribution >= 0.6 is 11.6 Å². The maximum Gasteiger partial charge on any atom is 0.267 e. The summed E-state index contributed by atoms with van der Waals surface area (Å²) in [6.07, 6.45) is 1.73. The number of nitrogens with zero attached hydrogens (tertiary/aromatic N) is 3. The van der Waals surface area contributed by atoms with Crippen LogP contribution in [0.15, 0.2) is 60.8 Å². The van der Waals surface area contributed by atoms with Crippen molar-refractivity contribution in [2.45, 2.75) is 0 Å². The molecule has 0 bridgehead atoms. The molecule has 0 aliphatic heterocycles. The Morgan fingerprint density at radius 1 is 1.11 bits per heavy atom. The number of carbonyl (C=O) groups excluding carboxylic acids is 1. The average molecular weight is 379 g/mol. The van der Waals surface area contributed by atoms with Crippen LogP contribution in [0.2, 0.25) is 5.02 Å². The van der Waals surface area contributed by atoms with Gasteiger partial charge >= 0.3 is 0 Å². The van der Waals surface area contributed by atoms with Crippen LogP contribution in [0, 0.1) is 0 Å². The van der Waals surface area contributed by atoms with Crippen LogP contribution in [-0.2, 0) is 7.05 Å². The summed E-state index contributed by atoms with van der Waals surface area (Å²) >= 11 is 6.25. The second-order valence-corrected chi connectivity index (χ2v) is 6.38. The van der Waals surface area contributed by atoms with Gasteiger partial charge in [0.1, 0.15) is 17.2 Å². The van der Waals surface area contributed by atoms with Crippen molar-refractivity contribution in [3.05, 3.63) is 71.5 Å². The molecule has 0 saturated carbocycles. The molecule has 0 unspecified atom stereocenters. The van der Waals surface area contributed by atoms with Crippen molar-refractivity contribution >= 4 is 28.4 Å². The first-order valence-electron chi connectivity index (χ1n) is 8.18. The van der Waals surface area contributed by atoms with Crippen molar-refractivity contribution in [3.63, 3.8) is 0 Å². The lowest BCUT2D eigenvalue weighted by molar-refractivity contribution is 0.0995. The van der Waals surface area contributed by atoms with Gasteiger partial charge in [-0.2, -0.15) is 5.10 Å². The summed E-state index contributed by atoms with van der Waals surface area (Å²) in [7, 11) is 1.83. The number of ether oxygens (including phenoxy) is 1. The maximum atomic E-state index is 11.3. The lowest BCUT2D eigenvalue weighted by Crippen LogP contribution is -2.12. The van der Waals surface area contributed by atoms with Crippen molar-refractivity contribution < 1.29 is 9.53 Å². The topological polar surface area (TPSA) is 83.0 Å². The summed E-state index contributed by atoms with van der Waals surface area (Å²) in [5, 5.41) is 5.70. The van der Waals surface area contributed by atoms with E-state index in [2.05, 4.69) is 10.1 Å². The van der Waals surface area contributed by atoms with Crippen LogP contribution in [0.1, 0.15) is 10.5 Å². The molecule has 0 atom stereocenters. The summed E-state index contributed by atoms with van der Waals surface area (Å²) in [4.78, 5) is 15.6. The second kappa shape index (κ2) is 6.74. The van der Waals surface area contributed by atoms with E-state index in [0.717, 1.165) is 16.5 Å². The predicted octanol–water partition coefficient (Wildman–Crippen LogP) is 4.18. The average Bonchev–Trinajstić information content (AvgIpc) is 3.07. The third kappa shape index (κ3) is 3.22. The fourth-order valence-corrected chi connectivity index (χ4v) is 3.15.